The van der Waals surface area contributed by atoms with Crippen molar-refractivity contribution in [2.45, 2.75) is 19.6 Å². The Hall–Kier alpha value is -0.900. The number of hydrogen-bond donors (Lipinski definition) is 1. The smallest absolute Gasteiger partial charge is 0.0670 e. The van der Waals surface area contributed by atoms with Gasteiger partial charge in [0.25, 0.3) is 0 Å². The molecule has 1 unspecified atom stereocenters. The van der Waals surface area contributed by atoms with E-state index in [-0.39, 0.29) is 6.10 Å². The summed E-state index contributed by atoms with van der Waals surface area (Å²) < 4.78 is 5.28. The van der Waals surface area contributed by atoms with Gasteiger partial charge in [0.2, 0.25) is 0 Å². The van der Waals surface area contributed by atoms with E-state index in [1.807, 2.05) is 6.07 Å². The highest BCUT2D eigenvalue weighted by atomic mass is 16.5. The van der Waals surface area contributed by atoms with Crippen LogP contribution in [-0.2, 0) is 11.3 Å². The summed E-state index contributed by atoms with van der Waals surface area (Å²) in [7, 11) is 1.74. The lowest BCUT2D eigenvalue weighted by atomic mass is 10.2. The zero-order valence-electron chi connectivity index (χ0n) is 10.2. The molecule has 1 aromatic carbocycles. The third kappa shape index (κ3) is 4.75. The summed E-state index contributed by atoms with van der Waals surface area (Å²) in [6, 6.07) is 10.4. The summed E-state index contributed by atoms with van der Waals surface area (Å²) in [5, 5.41) is 0. The van der Waals surface area contributed by atoms with Crippen molar-refractivity contribution >= 4 is 0 Å². The van der Waals surface area contributed by atoms with Crippen LogP contribution in [0, 0.1) is 0 Å². The average molecular weight is 222 g/mol. The van der Waals surface area contributed by atoms with Crippen LogP contribution in [0.2, 0.25) is 0 Å². The van der Waals surface area contributed by atoms with Crippen molar-refractivity contribution in [1.29, 1.82) is 0 Å². The van der Waals surface area contributed by atoms with Crippen molar-refractivity contribution in [3.8, 4) is 0 Å². The topological polar surface area (TPSA) is 38.5 Å². The molecule has 0 saturated heterocycles. The predicted molar refractivity (Wildman–Crippen MR) is 67.2 cm³/mol. The van der Waals surface area contributed by atoms with Gasteiger partial charge in [-0.15, -0.1) is 0 Å². The number of hydrogen-bond acceptors (Lipinski definition) is 3. The van der Waals surface area contributed by atoms with E-state index in [2.05, 4.69) is 36.1 Å². The predicted octanol–water partition coefficient (Wildman–Crippen LogP) is 1.48. The van der Waals surface area contributed by atoms with Crippen LogP contribution in [0.4, 0.5) is 0 Å². The molecule has 16 heavy (non-hydrogen) atoms. The van der Waals surface area contributed by atoms with Crippen LogP contribution in [-0.4, -0.2) is 37.7 Å². The molecule has 0 fully saturated rings. The maximum atomic E-state index is 5.62. The molecule has 0 radical (unpaired) electrons. The molecule has 1 rings (SSSR count). The molecule has 0 heterocycles. The Morgan fingerprint density at radius 2 is 2.00 bits per heavy atom. The molecule has 1 atom stereocenters. The van der Waals surface area contributed by atoms with Gasteiger partial charge in [-0.1, -0.05) is 30.3 Å². The highest BCUT2D eigenvalue weighted by Gasteiger charge is 2.09. The summed E-state index contributed by atoms with van der Waals surface area (Å²) in [6.07, 6.45) is 0.246. The molecule has 0 aliphatic carbocycles. The molecule has 0 aliphatic rings. The monoisotopic (exact) mass is 222 g/mol. The Morgan fingerprint density at radius 1 is 1.31 bits per heavy atom. The number of nitrogens with two attached hydrogens (primary N) is 1. The zero-order chi connectivity index (χ0) is 11.8. The molecule has 0 bridgehead atoms. The first-order chi connectivity index (χ1) is 7.76. The van der Waals surface area contributed by atoms with Crippen LogP contribution in [0.3, 0.4) is 0 Å². The van der Waals surface area contributed by atoms with Gasteiger partial charge in [-0.25, -0.2) is 0 Å². The number of methoxy groups -OCH3 is 1. The third-order valence-electron chi connectivity index (χ3n) is 2.61. The molecule has 90 valence electrons. The van der Waals surface area contributed by atoms with Gasteiger partial charge < -0.3 is 10.5 Å². The maximum Gasteiger partial charge on any atom is 0.0670 e. The minimum atomic E-state index is 0.246. The van der Waals surface area contributed by atoms with Crippen LogP contribution in [0.15, 0.2) is 30.3 Å². The van der Waals surface area contributed by atoms with Crippen molar-refractivity contribution in [2.24, 2.45) is 5.73 Å². The summed E-state index contributed by atoms with van der Waals surface area (Å²) in [4.78, 5) is 2.32. The van der Waals surface area contributed by atoms with E-state index in [0.717, 1.165) is 19.6 Å². The maximum absolute atomic E-state index is 5.62. The second-order valence-corrected chi connectivity index (χ2v) is 4.06. The normalized spacial score (nSPS) is 13.0. The van der Waals surface area contributed by atoms with Crippen LogP contribution in [0.5, 0.6) is 0 Å². The standard InChI is InChI=1S/C13H22N2O/c1-12(16-2)10-15(9-8-14)11-13-6-4-3-5-7-13/h3-7,12H,8-11,14H2,1-2H3. The second-order valence-electron chi connectivity index (χ2n) is 4.06. The van der Waals surface area contributed by atoms with Gasteiger partial charge in [0.05, 0.1) is 6.10 Å². The molecule has 0 aliphatic heterocycles. The van der Waals surface area contributed by atoms with Gasteiger partial charge in [0.1, 0.15) is 0 Å². The summed E-state index contributed by atoms with van der Waals surface area (Å²) >= 11 is 0. The van der Waals surface area contributed by atoms with Gasteiger partial charge in [-0.2, -0.15) is 0 Å². The minimum Gasteiger partial charge on any atom is -0.380 e. The van der Waals surface area contributed by atoms with E-state index in [4.69, 9.17) is 10.5 Å². The van der Waals surface area contributed by atoms with Crippen molar-refractivity contribution in [1.82, 2.24) is 4.90 Å². The molecular weight excluding hydrogens is 200 g/mol. The van der Waals surface area contributed by atoms with Gasteiger partial charge in [-0.3, -0.25) is 4.90 Å². The number of rotatable bonds is 7. The van der Waals surface area contributed by atoms with E-state index < -0.39 is 0 Å². The van der Waals surface area contributed by atoms with Crippen LogP contribution in [0.1, 0.15) is 12.5 Å². The van der Waals surface area contributed by atoms with E-state index in [0.29, 0.717) is 6.54 Å². The van der Waals surface area contributed by atoms with E-state index >= 15 is 0 Å². The highest BCUT2D eigenvalue weighted by Crippen LogP contribution is 2.05. The second kappa shape index (κ2) is 7.39. The van der Waals surface area contributed by atoms with Gasteiger partial charge >= 0.3 is 0 Å². The fraction of sp³-hybridized carbons (Fsp3) is 0.538. The zero-order valence-corrected chi connectivity index (χ0v) is 10.2. The first-order valence-corrected chi connectivity index (χ1v) is 5.75. The Balaban J connectivity index is 2.50. The van der Waals surface area contributed by atoms with Gasteiger partial charge in [0, 0.05) is 33.3 Å². The average Bonchev–Trinajstić information content (AvgIpc) is 2.30. The first kappa shape index (κ1) is 13.2. The third-order valence-corrected chi connectivity index (χ3v) is 2.61. The quantitative estimate of drug-likeness (QED) is 0.759. The van der Waals surface area contributed by atoms with Crippen LogP contribution >= 0.6 is 0 Å². The Morgan fingerprint density at radius 3 is 2.56 bits per heavy atom. The van der Waals surface area contributed by atoms with E-state index in [1.165, 1.54) is 5.56 Å². The molecule has 3 nitrogen and oxygen atoms in total. The number of benzene rings is 1. The summed E-state index contributed by atoms with van der Waals surface area (Å²) in [5.41, 5.74) is 6.94. The largest absolute Gasteiger partial charge is 0.380 e. The molecule has 2 N–H and O–H groups in total. The molecule has 0 saturated carbocycles. The van der Waals surface area contributed by atoms with Crippen LogP contribution in [0.25, 0.3) is 0 Å². The SMILES string of the molecule is COC(C)CN(CCN)Cc1ccccc1. The lowest BCUT2D eigenvalue weighted by Crippen LogP contribution is -2.35. The molecule has 0 aromatic heterocycles. The summed E-state index contributed by atoms with van der Waals surface area (Å²) in [6.45, 7) is 5.52. The van der Waals surface area contributed by atoms with Gasteiger partial charge in [-0.05, 0) is 12.5 Å². The number of nitrogens with zero attached hydrogens (tertiary/aromatic N) is 1. The lowest BCUT2D eigenvalue weighted by molar-refractivity contribution is 0.0754. The molecule has 0 amide bonds. The van der Waals surface area contributed by atoms with Crippen molar-refractivity contribution < 1.29 is 4.74 Å². The molecule has 3 heteroatoms. The van der Waals surface area contributed by atoms with Gasteiger partial charge in [0.15, 0.2) is 0 Å². The molecule has 0 spiro atoms. The van der Waals surface area contributed by atoms with Crippen molar-refractivity contribution in [3.63, 3.8) is 0 Å². The fourth-order valence-corrected chi connectivity index (χ4v) is 1.70. The lowest BCUT2D eigenvalue weighted by Gasteiger charge is -2.24. The van der Waals surface area contributed by atoms with Crippen molar-refractivity contribution in [3.05, 3.63) is 35.9 Å². The molecule has 1 aromatic rings. The fourth-order valence-electron chi connectivity index (χ4n) is 1.70. The van der Waals surface area contributed by atoms with Crippen molar-refractivity contribution in [2.75, 3.05) is 26.7 Å². The minimum absolute atomic E-state index is 0.246. The van der Waals surface area contributed by atoms with E-state index in [9.17, 15) is 0 Å². The number of ether oxygens (including phenoxy) is 1. The Kier molecular flexibility index (Phi) is 6.08. The van der Waals surface area contributed by atoms with E-state index in [1.54, 1.807) is 7.11 Å². The summed E-state index contributed by atoms with van der Waals surface area (Å²) in [5.74, 6) is 0. The molecular formula is C13H22N2O. The highest BCUT2D eigenvalue weighted by molar-refractivity contribution is 5.14. The Bertz CT molecular complexity index is 277. The first-order valence-electron chi connectivity index (χ1n) is 5.75. The van der Waals surface area contributed by atoms with Crippen LogP contribution < -0.4 is 5.73 Å². The Labute approximate surface area is 98.2 Å².